The zero-order chi connectivity index (χ0) is 17.8. The van der Waals surface area contributed by atoms with Crippen LogP contribution in [0, 0.1) is 0 Å². The molecule has 1 aromatic rings. The summed E-state index contributed by atoms with van der Waals surface area (Å²) in [5, 5.41) is 23.5. The lowest BCUT2D eigenvalue weighted by Crippen LogP contribution is -2.60. The number of carbonyl (C=O) groups excluding carboxylic acids is 1. The highest BCUT2D eigenvalue weighted by atomic mass is 16.6. The van der Waals surface area contributed by atoms with Crippen molar-refractivity contribution in [1.29, 1.82) is 0 Å². The summed E-state index contributed by atoms with van der Waals surface area (Å²) in [6.45, 7) is 7.05. The number of nitrogens with one attached hydrogen (secondary N) is 1. The first-order valence-corrected chi connectivity index (χ1v) is 8.31. The second-order valence-corrected chi connectivity index (χ2v) is 7.45. The van der Waals surface area contributed by atoms with Crippen molar-refractivity contribution in [2.75, 3.05) is 19.6 Å². The SMILES string of the molecule is CC(C)(C)OC(=O)NC[C@@]1(O)CCN(Cc2ccccc2)C[C@H]1O. The van der Waals surface area contributed by atoms with Crippen LogP contribution in [0.1, 0.15) is 32.8 Å². The van der Waals surface area contributed by atoms with Gasteiger partial charge in [0, 0.05) is 19.6 Å². The van der Waals surface area contributed by atoms with Crippen molar-refractivity contribution in [1.82, 2.24) is 10.2 Å². The van der Waals surface area contributed by atoms with Gasteiger partial charge in [-0.3, -0.25) is 4.90 Å². The number of β-amino-alcohol motifs (C(OH)–C–C–N with tert-alkyl or cyclic N) is 1. The van der Waals surface area contributed by atoms with Gasteiger partial charge < -0.3 is 20.3 Å². The van der Waals surface area contributed by atoms with Crippen molar-refractivity contribution in [2.45, 2.75) is 51.0 Å². The van der Waals surface area contributed by atoms with Crippen LogP contribution >= 0.6 is 0 Å². The summed E-state index contributed by atoms with van der Waals surface area (Å²) in [5.74, 6) is 0. The molecule has 0 aliphatic carbocycles. The molecule has 0 unspecified atom stereocenters. The number of piperidine rings is 1. The number of ether oxygens (including phenoxy) is 1. The monoisotopic (exact) mass is 336 g/mol. The lowest BCUT2D eigenvalue weighted by Gasteiger charge is -2.42. The lowest BCUT2D eigenvalue weighted by atomic mass is 9.88. The van der Waals surface area contributed by atoms with Gasteiger partial charge in [0.05, 0.1) is 12.6 Å². The number of benzene rings is 1. The van der Waals surface area contributed by atoms with E-state index in [1.807, 2.05) is 30.3 Å². The fraction of sp³-hybridized carbons (Fsp3) is 0.611. The Morgan fingerprint density at radius 3 is 2.62 bits per heavy atom. The Balaban J connectivity index is 1.84. The van der Waals surface area contributed by atoms with Gasteiger partial charge in [-0.2, -0.15) is 0 Å². The molecule has 0 aromatic heterocycles. The molecule has 1 aromatic carbocycles. The zero-order valence-corrected chi connectivity index (χ0v) is 14.7. The molecule has 0 spiro atoms. The Morgan fingerprint density at radius 2 is 2.04 bits per heavy atom. The van der Waals surface area contributed by atoms with E-state index in [1.165, 1.54) is 5.56 Å². The van der Waals surface area contributed by atoms with Gasteiger partial charge >= 0.3 is 6.09 Å². The number of likely N-dealkylation sites (tertiary alicyclic amines) is 1. The molecule has 1 saturated heterocycles. The van der Waals surface area contributed by atoms with Crippen molar-refractivity contribution in [3.63, 3.8) is 0 Å². The maximum Gasteiger partial charge on any atom is 0.407 e. The summed E-state index contributed by atoms with van der Waals surface area (Å²) in [6, 6.07) is 10.0. The number of aliphatic hydroxyl groups is 2. The minimum Gasteiger partial charge on any atom is -0.444 e. The van der Waals surface area contributed by atoms with Gasteiger partial charge in [-0.15, -0.1) is 0 Å². The van der Waals surface area contributed by atoms with Gasteiger partial charge in [0.1, 0.15) is 11.2 Å². The van der Waals surface area contributed by atoms with Crippen LogP contribution in [-0.2, 0) is 11.3 Å². The van der Waals surface area contributed by atoms with E-state index in [0.717, 1.165) is 6.54 Å². The first kappa shape index (κ1) is 18.7. The highest BCUT2D eigenvalue weighted by molar-refractivity contribution is 5.67. The number of hydrogen-bond acceptors (Lipinski definition) is 5. The number of amides is 1. The van der Waals surface area contributed by atoms with Crippen molar-refractivity contribution in [3.05, 3.63) is 35.9 Å². The van der Waals surface area contributed by atoms with Gasteiger partial charge in [-0.1, -0.05) is 30.3 Å². The Kier molecular flexibility index (Phi) is 5.85. The molecule has 134 valence electrons. The van der Waals surface area contributed by atoms with Crippen LogP contribution in [0.4, 0.5) is 4.79 Å². The fourth-order valence-electron chi connectivity index (χ4n) is 2.75. The molecule has 1 aliphatic heterocycles. The van der Waals surface area contributed by atoms with E-state index in [2.05, 4.69) is 10.2 Å². The summed E-state index contributed by atoms with van der Waals surface area (Å²) >= 11 is 0. The van der Waals surface area contributed by atoms with E-state index in [4.69, 9.17) is 4.74 Å². The summed E-state index contributed by atoms with van der Waals surface area (Å²) in [6.07, 6.45) is -1.13. The normalized spacial score (nSPS) is 25.3. The Labute approximate surface area is 143 Å². The molecular formula is C18H28N2O4. The first-order valence-electron chi connectivity index (χ1n) is 8.31. The number of hydrogen-bond donors (Lipinski definition) is 3. The molecule has 1 heterocycles. The van der Waals surface area contributed by atoms with E-state index in [1.54, 1.807) is 20.8 Å². The van der Waals surface area contributed by atoms with E-state index in [-0.39, 0.29) is 6.54 Å². The van der Waals surface area contributed by atoms with E-state index >= 15 is 0 Å². The number of rotatable bonds is 4. The predicted molar refractivity (Wildman–Crippen MR) is 91.5 cm³/mol. The third-order valence-electron chi connectivity index (χ3n) is 4.10. The van der Waals surface area contributed by atoms with Gasteiger partial charge in [0.2, 0.25) is 0 Å². The molecule has 0 saturated carbocycles. The smallest absolute Gasteiger partial charge is 0.407 e. The number of aliphatic hydroxyl groups excluding tert-OH is 1. The number of nitrogens with zero attached hydrogens (tertiary/aromatic N) is 1. The minimum atomic E-state index is -1.33. The maximum absolute atomic E-state index is 11.7. The molecule has 0 bridgehead atoms. The fourth-order valence-corrected chi connectivity index (χ4v) is 2.75. The molecule has 2 rings (SSSR count). The quantitative estimate of drug-likeness (QED) is 0.776. The van der Waals surface area contributed by atoms with Gasteiger partial charge in [-0.05, 0) is 32.8 Å². The van der Waals surface area contributed by atoms with Crippen LogP contribution in [0.25, 0.3) is 0 Å². The van der Waals surface area contributed by atoms with Crippen molar-refractivity contribution >= 4 is 6.09 Å². The van der Waals surface area contributed by atoms with Gasteiger partial charge in [-0.25, -0.2) is 4.79 Å². The van der Waals surface area contributed by atoms with Crippen molar-refractivity contribution < 1.29 is 19.7 Å². The molecule has 2 atom stereocenters. The third-order valence-corrected chi connectivity index (χ3v) is 4.10. The predicted octanol–water partition coefficient (Wildman–Crippen LogP) is 1.51. The highest BCUT2D eigenvalue weighted by Gasteiger charge is 2.41. The van der Waals surface area contributed by atoms with Crippen LogP contribution in [0.5, 0.6) is 0 Å². The van der Waals surface area contributed by atoms with Crippen LogP contribution in [0.3, 0.4) is 0 Å². The number of alkyl carbamates (subject to hydrolysis) is 1. The zero-order valence-electron chi connectivity index (χ0n) is 14.7. The van der Waals surface area contributed by atoms with Crippen LogP contribution in [0.15, 0.2) is 30.3 Å². The standard InChI is InChI=1S/C18H28N2O4/c1-17(2,3)24-16(22)19-13-18(23)9-10-20(12-15(18)21)11-14-7-5-4-6-8-14/h4-8,15,21,23H,9-13H2,1-3H3,(H,19,22)/t15-,18+/m1/s1. The largest absolute Gasteiger partial charge is 0.444 e. The Bertz CT molecular complexity index is 544. The maximum atomic E-state index is 11.7. The molecular weight excluding hydrogens is 308 g/mol. The van der Waals surface area contributed by atoms with Crippen LogP contribution in [-0.4, -0.2) is 58.1 Å². The summed E-state index contributed by atoms with van der Waals surface area (Å²) in [4.78, 5) is 13.8. The van der Waals surface area contributed by atoms with E-state index in [9.17, 15) is 15.0 Å². The summed E-state index contributed by atoms with van der Waals surface area (Å²) < 4.78 is 5.16. The lowest BCUT2D eigenvalue weighted by molar-refractivity contribution is -0.117. The molecule has 1 fully saturated rings. The van der Waals surface area contributed by atoms with E-state index in [0.29, 0.717) is 19.5 Å². The second kappa shape index (κ2) is 7.51. The average molecular weight is 336 g/mol. The Hall–Kier alpha value is -1.63. The van der Waals surface area contributed by atoms with Crippen LogP contribution < -0.4 is 5.32 Å². The minimum absolute atomic E-state index is 0.0255. The van der Waals surface area contributed by atoms with Crippen molar-refractivity contribution in [2.24, 2.45) is 0 Å². The van der Waals surface area contributed by atoms with Crippen molar-refractivity contribution in [3.8, 4) is 0 Å². The highest BCUT2D eigenvalue weighted by Crippen LogP contribution is 2.23. The average Bonchev–Trinajstić information content (AvgIpc) is 2.49. The third kappa shape index (κ3) is 5.47. The van der Waals surface area contributed by atoms with Crippen LogP contribution in [0.2, 0.25) is 0 Å². The summed E-state index contributed by atoms with van der Waals surface area (Å²) in [5.41, 5.74) is -0.754. The molecule has 1 aliphatic rings. The molecule has 24 heavy (non-hydrogen) atoms. The topological polar surface area (TPSA) is 82.0 Å². The first-order chi connectivity index (χ1) is 11.2. The Morgan fingerprint density at radius 1 is 1.38 bits per heavy atom. The number of carbonyl (C=O) groups is 1. The molecule has 6 nitrogen and oxygen atoms in total. The molecule has 6 heteroatoms. The van der Waals surface area contributed by atoms with Gasteiger partial charge in [0.25, 0.3) is 0 Å². The molecule has 1 amide bonds. The molecule has 0 radical (unpaired) electrons. The molecule has 3 N–H and O–H groups in total. The van der Waals surface area contributed by atoms with Gasteiger partial charge in [0.15, 0.2) is 0 Å². The van der Waals surface area contributed by atoms with E-state index < -0.39 is 23.4 Å². The second-order valence-electron chi connectivity index (χ2n) is 7.45. The summed E-state index contributed by atoms with van der Waals surface area (Å²) in [7, 11) is 0.